The van der Waals surface area contributed by atoms with E-state index in [0.29, 0.717) is 5.92 Å². The molecule has 0 fully saturated rings. The molecule has 0 radical (unpaired) electrons. The Kier molecular flexibility index (Phi) is 3.03. The van der Waals surface area contributed by atoms with Crippen molar-refractivity contribution in [2.45, 2.75) is 12.5 Å². The Balaban J connectivity index is 2.05. The lowest BCUT2D eigenvalue weighted by Gasteiger charge is -2.27. The van der Waals surface area contributed by atoms with Gasteiger partial charge in [-0.15, -0.1) is 0 Å². The van der Waals surface area contributed by atoms with Crippen LogP contribution in [-0.4, -0.2) is 13.7 Å². The second-order valence-electron chi connectivity index (χ2n) is 4.66. The summed E-state index contributed by atoms with van der Waals surface area (Å²) in [6.45, 7) is 1.94. The number of fused-ring (bicyclic) bond motifs is 1. The third-order valence-electron chi connectivity index (χ3n) is 3.59. The van der Waals surface area contributed by atoms with Crippen LogP contribution in [0.1, 0.15) is 22.6 Å². The Hall–Kier alpha value is -1.80. The van der Waals surface area contributed by atoms with Crippen LogP contribution in [0, 0.1) is 0 Å². The van der Waals surface area contributed by atoms with Crippen LogP contribution in [0.4, 0.5) is 0 Å². The topological polar surface area (TPSA) is 21.3 Å². The molecule has 0 aliphatic carbocycles. The van der Waals surface area contributed by atoms with Crippen LogP contribution in [0.2, 0.25) is 0 Å². The lowest BCUT2D eigenvalue weighted by atomic mass is 9.85. The molecule has 0 amide bonds. The summed E-state index contributed by atoms with van der Waals surface area (Å²) >= 11 is 0. The molecule has 1 aliphatic rings. The number of nitrogens with one attached hydrogen (secondary N) is 1. The molecule has 2 aromatic carbocycles. The maximum absolute atomic E-state index is 5.34. The van der Waals surface area contributed by atoms with Gasteiger partial charge in [0.25, 0.3) is 0 Å². The zero-order valence-electron chi connectivity index (χ0n) is 10.5. The van der Waals surface area contributed by atoms with Gasteiger partial charge in [-0.25, -0.2) is 0 Å². The molecule has 1 unspecified atom stereocenters. The van der Waals surface area contributed by atoms with E-state index in [-0.39, 0.29) is 0 Å². The minimum absolute atomic E-state index is 0.421. The van der Waals surface area contributed by atoms with Crippen molar-refractivity contribution in [3.63, 3.8) is 0 Å². The standard InChI is InChI=1S/C16H17NO/c1-18-14-8-7-13-10-17-11-16(15(13)9-14)12-5-3-2-4-6-12/h2-9,16-17H,10-11H2,1H3. The fourth-order valence-corrected chi connectivity index (χ4v) is 2.63. The zero-order valence-corrected chi connectivity index (χ0v) is 10.5. The fourth-order valence-electron chi connectivity index (χ4n) is 2.63. The van der Waals surface area contributed by atoms with Crippen LogP contribution in [0.3, 0.4) is 0 Å². The highest BCUT2D eigenvalue weighted by Gasteiger charge is 2.21. The van der Waals surface area contributed by atoms with Crippen molar-refractivity contribution >= 4 is 0 Å². The summed E-state index contributed by atoms with van der Waals surface area (Å²) in [6.07, 6.45) is 0. The van der Waals surface area contributed by atoms with Gasteiger partial charge in [0.15, 0.2) is 0 Å². The molecule has 0 spiro atoms. The van der Waals surface area contributed by atoms with E-state index >= 15 is 0 Å². The number of methoxy groups -OCH3 is 1. The maximum Gasteiger partial charge on any atom is 0.119 e. The predicted molar refractivity (Wildman–Crippen MR) is 73.0 cm³/mol. The highest BCUT2D eigenvalue weighted by Crippen LogP contribution is 2.32. The normalized spacial score (nSPS) is 18.2. The summed E-state index contributed by atoms with van der Waals surface area (Å²) in [5.74, 6) is 1.36. The van der Waals surface area contributed by atoms with Crippen molar-refractivity contribution in [2.24, 2.45) is 0 Å². The number of hydrogen-bond donors (Lipinski definition) is 1. The summed E-state index contributed by atoms with van der Waals surface area (Å²) < 4.78 is 5.34. The molecule has 2 nitrogen and oxygen atoms in total. The second-order valence-corrected chi connectivity index (χ2v) is 4.66. The first-order valence-electron chi connectivity index (χ1n) is 6.31. The van der Waals surface area contributed by atoms with Crippen LogP contribution in [0.5, 0.6) is 5.75 Å². The van der Waals surface area contributed by atoms with Crippen LogP contribution in [0.25, 0.3) is 0 Å². The predicted octanol–water partition coefficient (Wildman–Crippen LogP) is 2.93. The van der Waals surface area contributed by atoms with E-state index in [0.717, 1.165) is 18.8 Å². The molecule has 0 bridgehead atoms. The molecule has 1 aliphatic heterocycles. The molecule has 18 heavy (non-hydrogen) atoms. The Morgan fingerprint density at radius 1 is 1.11 bits per heavy atom. The van der Waals surface area contributed by atoms with Gasteiger partial charge in [-0.2, -0.15) is 0 Å². The largest absolute Gasteiger partial charge is 0.497 e. The first-order valence-corrected chi connectivity index (χ1v) is 6.31. The first kappa shape index (κ1) is 11.3. The summed E-state index contributed by atoms with van der Waals surface area (Å²) in [5.41, 5.74) is 4.12. The monoisotopic (exact) mass is 239 g/mol. The van der Waals surface area contributed by atoms with E-state index in [4.69, 9.17) is 4.74 Å². The molecule has 0 saturated heterocycles. The van der Waals surface area contributed by atoms with Crippen LogP contribution >= 0.6 is 0 Å². The molecule has 2 aromatic rings. The van der Waals surface area contributed by atoms with Crippen molar-refractivity contribution in [3.05, 3.63) is 65.2 Å². The number of ether oxygens (including phenoxy) is 1. The fraction of sp³-hybridized carbons (Fsp3) is 0.250. The van der Waals surface area contributed by atoms with E-state index in [1.807, 2.05) is 6.07 Å². The summed E-state index contributed by atoms with van der Waals surface area (Å²) in [7, 11) is 1.72. The first-order chi connectivity index (χ1) is 8.88. The molecular formula is C16H17NO. The third kappa shape index (κ3) is 2.00. The van der Waals surface area contributed by atoms with Gasteiger partial charge < -0.3 is 10.1 Å². The van der Waals surface area contributed by atoms with Crippen molar-refractivity contribution in [1.82, 2.24) is 5.32 Å². The van der Waals surface area contributed by atoms with E-state index in [9.17, 15) is 0 Å². The molecule has 2 heteroatoms. The van der Waals surface area contributed by atoms with Gasteiger partial charge in [-0.05, 0) is 28.8 Å². The van der Waals surface area contributed by atoms with Crippen LogP contribution in [0.15, 0.2) is 48.5 Å². The minimum Gasteiger partial charge on any atom is -0.497 e. The van der Waals surface area contributed by atoms with Crippen molar-refractivity contribution in [3.8, 4) is 5.75 Å². The lowest BCUT2D eigenvalue weighted by molar-refractivity contribution is 0.413. The SMILES string of the molecule is COc1ccc2c(c1)C(c1ccccc1)CNC2. The van der Waals surface area contributed by atoms with Gasteiger partial charge in [0.2, 0.25) is 0 Å². The van der Waals surface area contributed by atoms with Gasteiger partial charge in [-0.1, -0.05) is 36.4 Å². The smallest absolute Gasteiger partial charge is 0.119 e. The van der Waals surface area contributed by atoms with Gasteiger partial charge in [-0.3, -0.25) is 0 Å². The van der Waals surface area contributed by atoms with E-state index in [1.165, 1.54) is 16.7 Å². The van der Waals surface area contributed by atoms with Crippen molar-refractivity contribution in [1.29, 1.82) is 0 Å². The molecule has 1 atom stereocenters. The van der Waals surface area contributed by atoms with Gasteiger partial charge in [0.1, 0.15) is 5.75 Å². The Labute approximate surface area is 108 Å². The van der Waals surface area contributed by atoms with E-state index in [1.54, 1.807) is 7.11 Å². The van der Waals surface area contributed by atoms with Crippen LogP contribution < -0.4 is 10.1 Å². The molecular weight excluding hydrogens is 222 g/mol. The van der Waals surface area contributed by atoms with E-state index < -0.39 is 0 Å². The van der Waals surface area contributed by atoms with Gasteiger partial charge >= 0.3 is 0 Å². The molecule has 92 valence electrons. The summed E-state index contributed by atoms with van der Waals surface area (Å²) in [4.78, 5) is 0. The van der Waals surface area contributed by atoms with Crippen molar-refractivity contribution < 1.29 is 4.74 Å². The number of benzene rings is 2. The maximum atomic E-state index is 5.34. The highest BCUT2D eigenvalue weighted by molar-refractivity contribution is 5.44. The third-order valence-corrected chi connectivity index (χ3v) is 3.59. The van der Waals surface area contributed by atoms with Crippen molar-refractivity contribution in [2.75, 3.05) is 13.7 Å². The van der Waals surface area contributed by atoms with Gasteiger partial charge in [0, 0.05) is 19.0 Å². The molecule has 1 N–H and O–H groups in total. The number of rotatable bonds is 2. The molecule has 0 aromatic heterocycles. The Morgan fingerprint density at radius 2 is 1.94 bits per heavy atom. The number of hydrogen-bond acceptors (Lipinski definition) is 2. The quantitative estimate of drug-likeness (QED) is 0.870. The van der Waals surface area contributed by atoms with Crippen LogP contribution in [-0.2, 0) is 6.54 Å². The van der Waals surface area contributed by atoms with Gasteiger partial charge in [0.05, 0.1) is 7.11 Å². The average molecular weight is 239 g/mol. The Morgan fingerprint density at radius 3 is 2.72 bits per heavy atom. The molecule has 1 heterocycles. The average Bonchev–Trinajstić information content (AvgIpc) is 2.47. The Bertz CT molecular complexity index is 536. The highest BCUT2D eigenvalue weighted by atomic mass is 16.5. The second kappa shape index (κ2) is 4.83. The summed E-state index contributed by atoms with van der Waals surface area (Å²) in [5, 5.41) is 3.49. The molecule has 3 rings (SSSR count). The summed E-state index contributed by atoms with van der Waals surface area (Å²) in [6, 6.07) is 17.0. The van der Waals surface area contributed by atoms with E-state index in [2.05, 4.69) is 47.8 Å². The molecule has 0 saturated carbocycles. The lowest BCUT2D eigenvalue weighted by Crippen LogP contribution is -2.28. The zero-order chi connectivity index (χ0) is 12.4. The minimum atomic E-state index is 0.421.